The van der Waals surface area contributed by atoms with Crippen molar-refractivity contribution in [2.24, 2.45) is 0 Å². The minimum absolute atomic E-state index is 0.270. The van der Waals surface area contributed by atoms with E-state index in [0.717, 1.165) is 33.5 Å². The normalized spacial score (nSPS) is 10.8. The van der Waals surface area contributed by atoms with Gasteiger partial charge in [-0.2, -0.15) is 0 Å². The molecule has 0 unspecified atom stereocenters. The molecule has 3 aromatic heterocycles. The Kier molecular flexibility index (Phi) is 5.61. The Morgan fingerprint density at radius 2 is 1.74 bits per heavy atom. The molecule has 0 aliphatic heterocycles. The summed E-state index contributed by atoms with van der Waals surface area (Å²) in [6.45, 7) is 1.98. The van der Waals surface area contributed by atoms with Crippen molar-refractivity contribution < 1.29 is 9.53 Å². The summed E-state index contributed by atoms with van der Waals surface area (Å²) in [5, 5.41) is 5.89. The van der Waals surface area contributed by atoms with E-state index in [1.165, 1.54) is 6.20 Å². The van der Waals surface area contributed by atoms with Gasteiger partial charge in [-0.05, 0) is 60.5 Å². The zero-order valence-corrected chi connectivity index (χ0v) is 18.7. The molecule has 0 spiro atoms. The van der Waals surface area contributed by atoms with Crippen molar-refractivity contribution in [2.45, 2.75) is 6.92 Å². The lowest BCUT2D eigenvalue weighted by molar-refractivity contribution is 0.0958. The van der Waals surface area contributed by atoms with Crippen molar-refractivity contribution in [3.8, 4) is 22.6 Å². The van der Waals surface area contributed by atoms with Gasteiger partial charge in [-0.1, -0.05) is 12.1 Å². The topological polar surface area (TPSA) is 105 Å². The number of fused-ring (bicyclic) bond motifs is 1. The Hall–Kier alpha value is -4.72. The highest BCUT2D eigenvalue weighted by Gasteiger charge is 2.09. The molecule has 2 aromatic carbocycles. The van der Waals surface area contributed by atoms with Crippen molar-refractivity contribution in [3.05, 3.63) is 90.5 Å². The van der Waals surface area contributed by atoms with E-state index in [9.17, 15) is 4.79 Å². The molecule has 5 rings (SSSR count). The molecule has 0 bridgehead atoms. The Labute approximate surface area is 196 Å². The van der Waals surface area contributed by atoms with Crippen molar-refractivity contribution in [1.82, 2.24) is 25.3 Å². The van der Waals surface area contributed by atoms with Crippen molar-refractivity contribution in [2.75, 3.05) is 12.4 Å². The van der Waals surface area contributed by atoms with Crippen LogP contribution in [-0.4, -0.2) is 32.9 Å². The predicted octanol–water partition coefficient (Wildman–Crippen LogP) is 5.22. The number of nitrogens with one attached hydrogen (secondary N) is 3. The van der Waals surface area contributed by atoms with Gasteiger partial charge in [-0.25, -0.2) is 4.98 Å². The number of amides is 1. The molecule has 3 heterocycles. The second-order valence-electron chi connectivity index (χ2n) is 7.71. The number of H-pyrrole nitrogens is 1. The van der Waals surface area contributed by atoms with Crippen molar-refractivity contribution in [3.63, 3.8) is 0 Å². The van der Waals surface area contributed by atoms with Gasteiger partial charge in [0.1, 0.15) is 17.2 Å². The van der Waals surface area contributed by atoms with E-state index >= 15 is 0 Å². The van der Waals surface area contributed by atoms with Gasteiger partial charge in [0.05, 0.1) is 11.0 Å². The Morgan fingerprint density at radius 3 is 2.59 bits per heavy atom. The number of rotatable bonds is 6. The lowest BCUT2D eigenvalue weighted by Gasteiger charge is -2.07. The van der Waals surface area contributed by atoms with Crippen LogP contribution >= 0.6 is 0 Å². The van der Waals surface area contributed by atoms with E-state index in [1.807, 2.05) is 49.5 Å². The molecule has 0 saturated heterocycles. The Bertz CT molecular complexity index is 1490. The number of carbonyl (C=O) groups excluding carboxylic acids is 1. The summed E-state index contributed by atoms with van der Waals surface area (Å²) < 4.78 is 5.93. The van der Waals surface area contributed by atoms with Crippen LogP contribution in [0, 0.1) is 6.92 Å². The van der Waals surface area contributed by atoms with Gasteiger partial charge in [0.25, 0.3) is 5.91 Å². The zero-order valence-electron chi connectivity index (χ0n) is 18.7. The van der Waals surface area contributed by atoms with Gasteiger partial charge >= 0.3 is 0 Å². The highest BCUT2D eigenvalue weighted by atomic mass is 16.5. The van der Waals surface area contributed by atoms with Crippen molar-refractivity contribution >= 4 is 28.6 Å². The molecule has 0 aliphatic carbocycles. The third kappa shape index (κ3) is 4.56. The first-order valence-electron chi connectivity index (χ1n) is 10.7. The monoisotopic (exact) mass is 450 g/mol. The Balaban J connectivity index is 1.36. The third-order valence-corrected chi connectivity index (χ3v) is 5.24. The van der Waals surface area contributed by atoms with E-state index in [4.69, 9.17) is 4.74 Å². The fourth-order valence-electron chi connectivity index (χ4n) is 3.61. The van der Waals surface area contributed by atoms with Crippen LogP contribution in [0.4, 0.5) is 11.6 Å². The average Bonchev–Trinajstić information content (AvgIpc) is 3.25. The number of hydrogen-bond acceptors (Lipinski definition) is 6. The van der Waals surface area contributed by atoms with Gasteiger partial charge in [0.15, 0.2) is 0 Å². The summed E-state index contributed by atoms with van der Waals surface area (Å²) in [4.78, 5) is 28.0. The lowest BCUT2D eigenvalue weighted by atomic mass is 10.1. The summed E-state index contributed by atoms with van der Waals surface area (Å²) in [6, 6.07) is 21.1. The lowest BCUT2D eigenvalue weighted by Crippen LogP contribution is -2.18. The van der Waals surface area contributed by atoms with Gasteiger partial charge in [-0.3, -0.25) is 14.8 Å². The minimum atomic E-state index is -0.270. The summed E-state index contributed by atoms with van der Waals surface area (Å²) >= 11 is 0. The molecular formula is C26H22N6O2. The number of aromatic amines is 1. The SMILES string of the molecule is CNC(=O)c1cc(Oc2ccc3nc(Nc4cccc(-c5ccnc(C)c5)c4)[nH]c3c2)ccn1. The maximum absolute atomic E-state index is 11.8. The molecule has 0 atom stereocenters. The standard InChI is InChI=1S/C26H22N6O2/c1-16-12-18(8-10-28-16)17-4-3-5-19(13-17)30-26-31-22-7-6-20(14-23(22)32-26)34-21-9-11-29-24(15-21)25(33)27-2/h3-15H,1-2H3,(H,27,33)(H2,30,31,32). The van der Waals surface area contributed by atoms with Gasteiger partial charge in [0.2, 0.25) is 5.95 Å². The molecule has 0 fully saturated rings. The van der Waals surface area contributed by atoms with E-state index in [0.29, 0.717) is 23.1 Å². The summed E-state index contributed by atoms with van der Waals surface area (Å²) in [7, 11) is 1.56. The van der Waals surface area contributed by atoms with Gasteiger partial charge < -0.3 is 20.4 Å². The molecule has 3 N–H and O–H groups in total. The number of hydrogen-bond donors (Lipinski definition) is 3. The molecule has 5 aromatic rings. The quantitative estimate of drug-likeness (QED) is 0.327. The molecule has 8 heteroatoms. The largest absolute Gasteiger partial charge is 0.457 e. The highest BCUT2D eigenvalue weighted by Crippen LogP contribution is 2.28. The molecule has 8 nitrogen and oxygen atoms in total. The van der Waals surface area contributed by atoms with E-state index in [-0.39, 0.29) is 5.91 Å². The maximum atomic E-state index is 11.8. The fourth-order valence-corrected chi connectivity index (χ4v) is 3.61. The van der Waals surface area contributed by atoms with Crippen LogP contribution in [0.5, 0.6) is 11.5 Å². The summed E-state index contributed by atoms with van der Waals surface area (Å²) in [6.07, 6.45) is 3.35. The van der Waals surface area contributed by atoms with Crippen LogP contribution < -0.4 is 15.4 Å². The number of nitrogens with zero attached hydrogens (tertiary/aromatic N) is 3. The number of aromatic nitrogens is 4. The van der Waals surface area contributed by atoms with Crippen LogP contribution in [0.25, 0.3) is 22.2 Å². The number of carbonyl (C=O) groups is 1. The third-order valence-electron chi connectivity index (χ3n) is 5.24. The molecule has 168 valence electrons. The first-order chi connectivity index (χ1) is 16.6. The number of anilines is 2. The van der Waals surface area contributed by atoms with E-state index in [2.05, 4.69) is 48.8 Å². The van der Waals surface area contributed by atoms with Crippen LogP contribution in [-0.2, 0) is 0 Å². The van der Waals surface area contributed by atoms with Crippen LogP contribution in [0.3, 0.4) is 0 Å². The number of imidazole rings is 1. The predicted molar refractivity (Wildman–Crippen MR) is 131 cm³/mol. The van der Waals surface area contributed by atoms with Gasteiger partial charge in [0, 0.05) is 43.0 Å². The number of pyridine rings is 2. The summed E-state index contributed by atoms with van der Waals surface area (Å²) in [5.41, 5.74) is 6.01. The highest BCUT2D eigenvalue weighted by molar-refractivity contribution is 5.92. The second kappa shape index (κ2) is 9.03. The molecule has 0 saturated carbocycles. The molecule has 0 radical (unpaired) electrons. The van der Waals surface area contributed by atoms with Crippen LogP contribution in [0.15, 0.2) is 79.1 Å². The van der Waals surface area contributed by atoms with Crippen LogP contribution in [0.1, 0.15) is 16.2 Å². The second-order valence-corrected chi connectivity index (χ2v) is 7.71. The molecule has 0 aliphatic rings. The first-order valence-corrected chi connectivity index (χ1v) is 10.7. The molecular weight excluding hydrogens is 428 g/mol. The number of aryl methyl sites for hydroxylation is 1. The minimum Gasteiger partial charge on any atom is -0.457 e. The summed E-state index contributed by atoms with van der Waals surface area (Å²) in [5.74, 6) is 1.50. The average molecular weight is 451 g/mol. The number of ether oxygens (including phenoxy) is 1. The molecule has 1 amide bonds. The number of benzene rings is 2. The smallest absolute Gasteiger partial charge is 0.269 e. The fraction of sp³-hybridized carbons (Fsp3) is 0.0769. The van der Waals surface area contributed by atoms with Gasteiger partial charge in [-0.15, -0.1) is 0 Å². The van der Waals surface area contributed by atoms with Crippen LogP contribution in [0.2, 0.25) is 0 Å². The zero-order chi connectivity index (χ0) is 23.5. The maximum Gasteiger partial charge on any atom is 0.269 e. The first kappa shape index (κ1) is 21.1. The van der Waals surface area contributed by atoms with E-state index in [1.54, 1.807) is 19.2 Å². The van der Waals surface area contributed by atoms with Crippen molar-refractivity contribution in [1.29, 1.82) is 0 Å². The Morgan fingerprint density at radius 1 is 0.912 bits per heavy atom. The van der Waals surface area contributed by atoms with E-state index < -0.39 is 0 Å². The molecule has 34 heavy (non-hydrogen) atoms.